The third kappa shape index (κ3) is 4.36. The molecule has 26 heavy (non-hydrogen) atoms. The summed E-state index contributed by atoms with van der Waals surface area (Å²) in [5, 5.41) is 5.75. The Balaban J connectivity index is 1.68. The van der Waals surface area contributed by atoms with E-state index in [1.165, 1.54) is 0 Å². The lowest BCUT2D eigenvalue weighted by atomic mass is 10.1. The Morgan fingerprint density at radius 1 is 0.769 bits per heavy atom. The normalized spacial score (nSPS) is 10.2. The summed E-state index contributed by atoms with van der Waals surface area (Å²) in [5.41, 5.74) is 3.67. The van der Waals surface area contributed by atoms with Crippen LogP contribution in [0, 0.1) is 6.92 Å². The van der Waals surface area contributed by atoms with Crippen molar-refractivity contribution in [3.63, 3.8) is 0 Å². The standard InChI is InChI=1S/C22H20N2O2/c1-16-8-5-6-13-20(16)24-22(26)19-12-7-11-18(14-19)21(25)23-15-17-9-3-2-4-10-17/h2-14H,15H2,1H3,(H,23,25)(H,24,26). The van der Waals surface area contributed by atoms with Crippen LogP contribution >= 0.6 is 0 Å². The van der Waals surface area contributed by atoms with Gasteiger partial charge < -0.3 is 10.6 Å². The lowest BCUT2D eigenvalue weighted by molar-refractivity contribution is 0.0951. The van der Waals surface area contributed by atoms with E-state index in [9.17, 15) is 9.59 Å². The molecule has 0 radical (unpaired) electrons. The van der Waals surface area contributed by atoms with Crippen LogP contribution in [-0.2, 0) is 6.54 Å². The second-order valence-electron chi connectivity index (χ2n) is 6.02. The first kappa shape index (κ1) is 17.4. The molecule has 0 saturated carbocycles. The summed E-state index contributed by atoms with van der Waals surface area (Å²) >= 11 is 0. The van der Waals surface area contributed by atoms with E-state index in [1.807, 2.05) is 61.5 Å². The monoisotopic (exact) mass is 344 g/mol. The summed E-state index contributed by atoms with van der Waals surface area (Å²) in [4.78, 5) is 24.8. The summed E-state index contributed by atoms with van der Waals surface area (Å²) in [6, 6.07) is 24.0. The number of carbonyl (C=O) groups excluding carboxylic acids is 2. The predicted octanol–water partition coefficient (Wildman–Crippen LogP) is 4.18. The number of hydrogen-bond donors (Lipinski definition) is 2. The lowest BCUT2D eigenvalue weighted by Gasteiger charge is -2.09. The molecule has 0 aliphatic rings. The molecular formula is C22H20N2O2. The number of carbonyl (C=O) groups is 2. The molecule has 0 bridgehead atoms. The summed E-state index contributed by atoms with van der Waals surface area (Å²) in [6.45, 7) is 2.38. The van der Waals surface area contributed by atoms with Gasteiger partial charge in [0.25, 0.3) is 11.8 Å². The minimum atomic E-state index is -0.239. The highest BCUT2D eigenvalue weighted by Crippen LogP contribution is 2.15. The second-order valence-corrected chi connectivity index (χ2v) is 6.02. The van der Waals surface area contributed by atoms with Crippen LogP contribution in [0.5, 0.6) is 0 Å². The fourth-order valence-corrected chi connectivity index (χ4v) is 2.59. The lowest BCUT2D eigenvalue weighted by Crippen LogP contribution is -2.23. The smallest absolute Gasteiger partial charge is 0.255 e. The van der Waals surface area contributed by atoms with Crippen molar-refractivity contribution >= 4 is 17.5 Å². The van der Waals surface area contributed by atoms with Crippen LogP contribution in [0.4, 0.5) is 5.69 Å². The van der Waals surface area contributed by atoms with E-state index in [0.717, 1.165) is 16.8 Å². The van der Waals surface area contributed by atoms with Gasteiger partial charge in [-0.05, 0) is 42.3 Å². The minimum Gasteiger partial charge on any atom is -0.348 e. The Labute approximate surface area is 152 Å². The maximum atomic E-state index is 12.5. The van der Waals surface area contributed by atoms with Gasteiger partial charge in [-0.3, -0.25) is 9.59 Å². The molecule has 0 aromatic heterocycles. The van der Waals surface area contributed by atoms with Gasteiger partial charge in [0.2, 0.25) is 0 Å². The van der Waals surface area contributed by atoms with Crippen molar-refractivity contribution in [1.29, 1.82) is 0 Å². The molecular weight excluding hydrogens is 324 g/mol. The molecule has 3 rings (SSSR count). The molecule has 4 heteroatoms. The van der Waals surface area contributed by atoms with Crippen molar-refractivity contribution in [3.05, 3.63) is 101 Å². The molecule has 3 aromatic rings. The van der Waals surface area contributed by atoms with E-state index >= 15 is 0 Å². The van der Waals surface area contributed by atoms with Crippen LogP contribution in [0.15, 0.2) is 78.9 Å². The number of amides is 2. The summed E-state index contributed by atoms with van der Waals surface area (Å²) in [5.74, 6) is -0.448. The van der Waals surface area contributed by atoms with Crippen LogP contribution < -0.4 is 10.6 Å². The maximum absolute atomic E-state index is 12.5. The quantitative estimate of drug-likeness (QED) is 0.729. The molecule has 0 fully saturated rings. The van der Waals surface area contributed by atoms with Gasteiger partial charge in [-0.25, -0.2) is 0 Å². The number of nitrogens with one attached hydrogen (secondary N) is 2. The Morgan fingerprint density at radius 2 is 1.42 bits per heavy atom. The highest BCUT2D eigenvalue weighted by Gasteiger charge is 2.11. The molecule has 0 atom stereocenters. The zero-order valence-corrected chi connectivity index (χ0v) is 14.5. The van der Waals surface area contributed by atoms with Gasteiger partial charge >= 0.3 is 0 Å². The SMILES string of the molecule is Cc1ccccc1NC(=O)c1cccc(C(=O)NCc2ccccc2)c1. The third-order valence-corrected chi connectivity index (χ3v) is 4.08. The molecule has 0 spiro atoms. The van der Waals surface area contributed by atoms with Gasteiger partial charge in [0.15, 0.2) is 0 Å². The Hall–Kier alpha value is -3.40. The minimum absolute atomic E-state index is 0.209. The van der Waals surface area contributed by atoms with Crippen molar-refractivity contribution in [2.75, 3.05) is 5.32 Å². The molecule has 130 valence electrons. The zero-order chi connectivity index (χ0) is 18.4. The summed E-state index contributed by atoms with van der Waals surface area (Å²) in [7, 11) is 0. The number of aryl methyl sites for hydroxylation is 1. The van der Waals surface area contributed by atoms with Gasteiger partial charge in [0.1, 0.15) is 0 Å². The molecule has 0 heterocycles. The van der Waals surface area contributed by atoms with Crippen molar-refractivity contribution < 1.29 is 9.59 Å². The number of hydrogen-bond acceptors (Lipinski definition) is 2. The molecule has 4 nitrogen and oxygen atoms in total. The second kappa shape index (κ2) is 8.12. The third-order valence-electron chi connectivity index (χ3n) is 4.08. The van der Waals surface area contributed by atoms with E-state index in [-0.39, 0.29) is 11.8 Å². The Morgan fingerprint density at radius 3 is 2.15 bits per heavy atom. The zero-order valence-electron chi connectivity index (χ0n) is 14.5. The van der Waals surface area contributed by atoms with Crippen LogP contribution in [0.2, 0.25) is 0 Å². The van der Waals surface area contributed by atoms with Crippen molar-refractivity contribution in [3.8, 4) is 0 Å². The Bertz CT molecular complexity index is 920. The van der Waals surface area contributed by atoms with Gasteiger partial charge in [0.05, 0.1) is 0 Å². The van der Waals surface area contributed by atoms with E-state index in [4.69, 9.17) is 0 Å². The molecule has 0 unspecified atom stereocenters. The van der Waals surface area contributed by atoms with Crippen molar-refractivity contribution in [2.45, 2.75) is 13.5 Å². The van der Waals surface area contributed by atoms with Gasteiger partial charge in [-0.15, -0.1) is 0 Å². The van der Waals surface area contributed by atoms with Crippen LogP contribution in [0.3, 0.4) is 0 Å². The van der Waals surface area contributed by atoms with E-state index < -0.39 is 0 Å². The topological polar surface area (TPSA) is 58.2 Å². The maximum Gasteiger partial charge on any atom is 0.255 e. The summed E-state index contributed by atoms with van der Waals surface area (Å²) in [6.07, 6.45) is 0. The molecule has 2 N–H and O–H groups in total. The largest absolute Gasteiger partial charge is 0.348 e. The number of anilines is 1. The fraction of sp³-hybridized carbons (Fsp3) is 0.0909. The van der Waals surface area contributed by atoms with Crippen LogP contribution in [-0.4, -0.2) is 11.8 Å². The molecule has 3 aromatic carbocycles. The number of para-hydroxylation sites is 1. The molecule has 0 aliphatic carbocycles. The highest BCUT2D eigenvalue weighted by molar-refractivity contribution is 6.06. The van der Waals surface area contributed by atoms with Crippen molar-refractivity contribution in [1.82, 2.24) is 5.32 Å². The van der Waals surface area contributed by atoms with Crippen molar-refractivity contribution in [2.24, 2.45) is 0 Å². The Kier molecular flexibility index (Phi) is 5.44. The molecule has 0 aliphatic heterocycles. The summed E-state index contributed by atoms with van der Waals surface area (Å²) < 4.78 is 0. The molecule has 2 amide bonds. The first-order valence-corrected chi connectivity index (χ1v) is 8.42. The number of benzene rings is 3. The fourth-order valence-electron chi connectivity index (χ4n) is 2.59. The first-order chi connectivity index (χ1) is 12.6. The molecule has 0 saturated heterocycles. The average molecular weight is 344 g/mol. The average Bonchev–Trinajstić information content (AvgIpc) is 2.69. The van der Waals surface area contributed by atoms with Crippen LogP contribution in [0.25, 0.3) is 0 Å². The first-order valence-electron chi connectivity index (χ1n) is 8.42. The van der Waals surface area contributed by atoms with Gasteiger partial charge in [-0.2, -0.15) is 0 Å². The van der Waals surface area contributed by atoms with E-state index in [2.05, 4.69) is 10.6 Å². The van der Waals surface area contributed by atoms with Gasteiger partial charge in [-0.1, -0.05) is 54.6 Å². The highest BCUT2D eigenvalue weighted by atomic mass is 16.2. The number of rotatable bonds is 5. The van der Waals surface area contributed by atoms with E-state index in [0.29, 0.717) is 17.7 Å². The van der Waals surface area contributed by atoms with Crippen LogP contribution in [0.1, 0.15) is 31.8 Å². The van der Waals surface area contributed by atoms with E-state index in [1.54, 1.807) is 24.3 Å². The van der Waals surface area contributed by atoms with Gasteiger partial charge in [0, 0.05) is 23.4 Å². The predicted molar refractivity (Wildman–Crippen MR) is 103 cm³/mol.